The lowest BCUT2D eigenvalue weighted by Crippen LogP contribution is -2.49. The van der Waals surface area contributed by atoms with Crippen LogP contribution >= 0.6 is 34.0 Å². The van der Waals surface area contributed by atoms with E-state index in [2.05, 4.69) is 65.3 Å². The van der Waals surface area contributed by atoms with E-state index in [0.717, 1.165) is 65.1 Å². The number of hydrogen-bond acceptors (Lipinski definition) is 21. The maximum atomic E-state index is 13.9. The molecule has 0 spiro atoms. The molecule has 3 fully saturated rings. The maximum Gasteiger partial charge on any atom is 0.248 e. The number of thiazole rings is 3. The second-order valence-electron chi connectivity index (χ2n) is 30.6. The molecule has 3 aliphatic rings. The third kappa shape index (κ3) is 19.8. The van der Waals surface area contributed by atoms with Crippen LogP contribution in [0.25, 0.3) is 31.3 Å². The minimum absolute atomic E-state index is 0.00776. The Kier molecular flexibility index (Phi) is 27.6. The molecule has 592 valence electrons. The zero-order valence-electron chi connectivity index (χ0n) is 65.9. The summed E-state index contributed by atoms with van der Waals surface area (Å²) < 4.78 is 18.3. The van der Waals surface area contributed by atoms with E-state index in [4.69, 9.17) is 13.8 Å². The van der Waals surface area contributed by atoms with Crippen LogP contribution in [0.5, 0.6) is 11.5 Å². The third-order valence-electron chi connectivity index (χ3n) is 21.0. The van der Waals surface area contributed by atoms with Gasteiger partial charge in [0.15, 0.2) is 11.5 Å². The molecular weight excluding hydrogens is 1480 g/mol. The number of aryl methyl sites for hydroxylation is 5. The molecule has 4 aromatic carbocycles. The van der Waals surface area contributed by atoms with E-state index in [1.165, 1.54) is 9.80 Å². The summed E-state index contributed by atoms with van der Waals surface area (Å²) in [7, 11) is 0. The normalized spacial score (nSPS) is 19.2. The number of aliphatic hydroxyl groups excluding tert-OH is 3. The molecule has 24 nitrogen and oxygen atoms in total. The van der Waals surface area contributed by atoms with Gasteiger partial charge in [0, 0.05) is 57.5 Å². The average Bonchev–Trinajstić information content (AvgIpc) is 1.66. The number of Topliss-reactive ketones (excluding diaryl/α,β-unsaturated/α-hetero) is 1. The maximum absolute atomic E-state index is 13.9. The number of para-hydroxylation sites is 1. The van der Waals surface area contributed by atoms with Crippen LogP contribution in [0.1, 0.15) is 187 Å². The summed E-state index contributed by atoms with van der Waals surface area (Å²) in [6.45, 7) is 27.5. The Labute approximate surface area is 666 Å². The zero-order chi connectivity index (χ0) is 80.4. The molecule has 6 aromatic heterocycles. The SMILES string of the molecule is CC[C@H](NC(=O)[C@@H]1C[C@@H](O)CN1C(=O)[C@@H](c1cc(C)no1)C(C)C)c1ccc(-c2scnc2C)cc1.Cc1cc([C@H](C(=O)N2C[C@H](O)C[C@H]2C(=O)C[C@@H](C)c2ccc(-c3scnc3C)cc2)C(C)C)on1.Cc1ncsc1-c1ccc([C@H](C)NC(=O)[C@@H]2C[C@@H](O)CN2C(=O)[C@H](C(C)C)n2cc(Oc3ccccc3)cn2)cc1. The highest BCUT2D eigenvalue weighted by atomic mass is 32.1. The minimum Gasteiger partial charge on any atom is -0.454 e. The number of rotatable bonds is 25. The largest absolute Gasteiger partial charge is 0.454 e. The van der Waals surface area contributed by atoms with E-state index in [-0.39, 0.29) is 110 Å². The van der Waals surface area contributed by atoms with Gasteiger partial charge >= 0.3 is 0 Å². The van der Waals surface area contributed by atoms with Gasteiger partial charge in [0.1, 0.15) is 47.2 Å². The van der Waals surface area contributed by atoms with Crippen LogP contribution in [0.4, 0.5) is 0 Å². The van der Waals surface area contributed by atoms with E-state index in [1.807, 2.05) is 185 Å². The number of likely N-dealkylation sites (tertiary alicyclic amines) is 3. The van der Waals surface area contributed by atoms with Crippen LogP contribution in [-0.4, -0.2) is 156 Å². The lowest BCUT2D eigenvalue weighted by atomic mass is 9.89. The van der Waals surface area contributed by atoms with Crippen molar-refractivity contribution in [1.29, 1.82) is 0 Å². The van der Waals surface area contributed by atoms with Gasteiger partial charge in [-0.2, -0.15) is 5.10 Å². The summed E-state index contributed by atoms with van der Waals surface area (Å²) in [6, 6.07) is 34.0. The summed E-state index contributed by atoms with van der Waals surface area (Å²) in [5.41, 5.74) is 16.2. The minimum atomic E-state index is -0.783. The summed E-state index contributed by atoms with van der Waals surface area (Å²) in [5, 5.41) is 49.7. The Morgan fingerprint density at radius 3 is 1.35 bits per heavy atom. The van der Waals surface area contributed by atoms with Crippen molar-refractivity contribution in [3.05, 3.63) is 201 Å². The van der Waals surface area contributed by atoms with Crippen LogP contribution in [0, 0.1) is 52.4 Å². The van der Waals surface area contributed by atoms with Gasteiger partial charge in [-0.05, 0) is 117 Å². The van der Waals surface area contributed by atoms with Crippen LogP contribution in [-0.2, 0) is 28.8 Å². The topological polar surface area (TPSA) is 315 Å². The number of hydrogen-bond donors (Lipinski definition) is 5. The first-order valence-corrected chi connectivity index (χ1v) is 40.9. The monoisotopic (exact) mass is 1580 g/mol. The van der Waals surface area contributed by atoms with Crippen molar-refractivity contribution >= 4 is 69.3 Å². The summed E-state index contributed by atoms with van der Waals surface area (Å²) in [5.74, 6) is -0.438. The molecule has 5 amide bonds. The molecule has 0 unspecified atom stereocenters. The van der Waals surface area contributed by atoms with Gasteiger partial charge in [0.25, 0.3) is 0 Å². The van der Waals surface area contributed by atoms with Crippen LogP contribution in [0.3, 0.4) is 0 Å². The van der Waals surface area contributed by atoms with Gasteiger partial charge < -0.3 is 54.4 Å². The molecule has 5 N–H and O–H groups in total. The number of ketones is 1. The molecule has 13 rings (SSSR count). The number of carbonyl (C=O) groups is 6. The number of aromatic nitrogens is 7. The van der Waals surface area contributed by atoms with Crippen molar-refractivity contribution in [2.45, 2.75) is 201 Å². The van der Waals surface area contributed by atoms with Gasteiger partial charge in [-0.1, -0.05) is 157 Å². The Morgan fingerprint density at radius 1 is 0.518 bits per heavy atom. The van der Waals surface area contributed by atoms with E-state index in [9.17, 15) is 44.1 Å². The van der Waals surface area contributed by atoms with Crippen LogP contribution in [0.15, 0.2) is 153 Å². The highest BCUT2D eigenvalue weighted by Gasteiger charge is 2.47. The standard InChI is InChI=1S/C31H35N5O4S.C27H34N4O4S.C27H33N3O4S/c1-19(2)28(36-17-26(15-33-36)40-25-8-6-5-7-9-25)31(39)35-16-24(37)14-27(35)30(38)34-20(3)22-10-12-23(13-11-22)29-21(4)32-18-41-29;1-6-21(18-7-9-19(10-8-18)25-17(5)28-14-36-25)29-26(33)22-12-20(32)13-31(22)27(34)24(15(2)3)23-11-16(4)30-35-23;1-15(2)25(24-11-17(4)29-34-24)27(33)30-13-21(31)12-22(30)23(32)10-16(3)19-6-8-20(9-7-19)26-18(5)28-14-35-26/h5-13,15,17-20,24,27-28,37H,14,16H2,1-4H3,(H,34,38);7-11,14-15,20-22,24,32H,6,12-13H2,1-5H3,(H,29,33);6-9,11,14-16,21-22,25,31H,10,12-13H2,1-5H3/t20-,24+,27-,28-;20-,21+,22+,24-;16-,21-,22+,25-/m011/s1. The van der Waals surface area contributed by atoms with Gasteiger partial charge in [-0.3, -0.25) is 33.4 Å². The molecule has 0 radical (unpaired) electrons. The second kappa shape index (κ2) is 37.2. The smallest absolute Gasteiger partial charge is 0.248 e. The van der Waals surface area contributed by atoms with Crippen molar-refractivity contribution in [2.24, 2.45) is 17.8 Å². The average molecular weight is 1580 g/mol. The predicted octanol–water partition coefficient (Wildman–Crippen LogP) is 14.4. The second-order valence-corrected chi connectivity index (χ2v) is 33.1. The quantitative estimate of drug-likeness (QED) is 0.0355. The molecule has 27 heteroatoms. The molecule has 9 heterocycles. The highest BCUT2D eigenvalue weighted by Crippen LogP contribution is 2.38. The lowest BCUT2D eigenvalue weighted by molar-refractivity contribution is -0.142. The molecule has 10 aromatic rings. The molecule has 0 aliphatic carbocycles. The Hall–Kier alpha value is -9.90. The number of ether oxygens (including phenoxy) is 1. The fraction of sp³-hybridized carbons (Fsp3) is 0.435. The molecular formula is C85H102N12O12S3. The first kappa shape index (κ1) is 83.0. The highest BCUT2D eigenvalue weighted by molar-refractivity contribution is 7.14. The van der Waals surface area contributed by atoms with Gasteiger partial charge in [-0.15, -0.1) is 34.0 Å². The van der Waals surface area contributed by atoms with Crippen molar-refractivity contribution in [1.82, 2.24) is 60.4 Å². The van der Waals surface area contributed by atoms with E-state index < -0.39 is 54.3 Å². The van der Waals surface area contributed by atoms with E-state index in [0.29, 0.717) is 47.2 Å². The molecule has 3 aliphatic heterocycles. The summed E-state index contributed by atoms with van der Waals surface area (Å²) in [6.07, 6.45) is 2.66. The van der Waals surface area contributed by atoms with Crippen molar-refractivity contribution < 1.29 is 57.9 Å². The zero-order valence-corrected chi connectivity index (χ0v) is 68.3. The number of amides is 5. The van der Waals surface area contributed by atoms with E-state index in [1.54, 1.807) is 75.0 Å². The lowest BCUT2D eigenvalue weighted by Gasteiger charge is -2.30. The number of aliphatic hydroxyl groups is 3. The fourth-order valence-corrected chi connectivity index (χ4v) is 17.4. The summed E-state index contributed by atoms with van der Waals surface area (Å²) >= 11 is 4.82. The van der Waals surface area contributed by atoms with Gasteiger partial charge in [-0.25, -0.2) is 15.0 Å². The Morgan fingerprint density at radius 2 is 0.938 bits per heavy atom. The molecule has 0 bridgehead atoms. The number of carbonyl (C=O) groups excluding carboxylic acids is 6. The Bertz CT molecular complexity index is 4820. The van der Waals surface area contributed by atoms with Crippen molar-refractivity contribution in [2.75, 3.05) is 19.6 Å². The summed E-state index contributed by atoms with van der Waals surface area (Å²) in [4.78, 5) is 102. The molecule has 12 atom stereocenters. The molecule has 112 heavy (non-hydrogen) atoms. The fourth-order valence-electron chi connectivity index (χ4n) is 15.0. The first-order valence-electron chi connectivity index (χ1n) is 38.3. The number of nitrogens with one attached hydrogen (secondary N) is 2. The number of benzene rings is 4. The molecule has 0 saturated carbocycles. The van der Waals surface area contributed by atoms with Gasteiger partial charge in [0.2, 0.25) is 29.5 Å². The van der Waals surface area contributed by atoms with Crippen LogP contribution in [0.2, 0.25) is 0 Å². The van der Waals surface area contributed by atoms with Crippen molar-refractivity contribution in [3.8, 4) is 42.8 Å². The Balaban J connectivity index is 0.000000167. The number of nitrogens with zero attached hydrogens (tertiary/aromatic N) is 10. The third-order valence-corrected chi connectivity index (χ3v) is 23.9. The molecule has 3 saturated heterocycles. The predicted molar refractivity (Wildman–Crippen MR) is 431 cm³/mol. The van der Waals surface area contributed by atoms with E-state index >= 15 is 0 Å². The van der Waals surface area contributed by atoms with Crippen molar-refractivity contribution in [3.63, 3.8) is 0 Å². The first-order chi connectivity index (χ1) is 53.5. The number of β-amino-alcohol motifs (C(OH)–C–C–N with tert-alkyl or cyclic N) is 3. The van der Waals surface area contributed by atoms with Gasteiger partial charge in [0.05, 0.1) is 108 Å². The van der Waals surface area contributed by atoms with Crippen LogP contribution < -0.4 is 15.4 Å².